The third-order valence-corrected chi connectivity index (χ3v) is 3.00. The largest absolute Gasteiger partial charge is 0.466 e. The molecule has 19 heavy (non-hydrogen) atoms. The summed E-state index contributed by atoms with van der Waals surface area (Å²) in [5.41, 5.74) is -0.618. The molecule has 1 unspecified atom stereocenters. The zero-order chi connectivity index (χ0) is 14.6. The van der Waals surface area contributed by atoms with Crippen LogP contribution in [0.2, 0.25) is 0 Å². The van der Waals surface area contributed by atoms with Crippen LogP contribution in [0.25, 0.3) is 0 Å². The average molecular weight is 341 g/mol. The number of carbonyl (C=O) groups excluding carboxylic acids is 1. The summed E-state index contributed by atoms with van der Waals surface area (Å²) in [7, 11) is 0. The molecule has 0 aliphatic carbocycles. The van der Waals surface area contributed by atoms with Crippen molar-refractivity contribution >= 4 is 21.9 Å². The number of rotatable bonds is 4. The van der Waals surface area contributed by atoms with Crippen LogP contribution in [0.5, 0.6) is 0 Å². The van der Waals surface area contributed by atoms with Gasteiger partial charge in [0.05, 0.1) is 24.7 Å². The number of benzene rings is 1. The van der Waals surface area contributed by atoms with Gasteiger partial charge in [0.25, 0.3) is 0 Å². The van der Waals surface area contributed by atoms with Gasteiger partial charge in [-0.15, -0.1) is 0 Å². The summed E-state index contributed by atoms with van der Waals surface area (Å²) in [4.78, 5) is 11.2. The maximum Gasteiger partial charge on any atom is 0.417 e. The quantitative estimate of drug-likeness (QED) is 0.854. The third kappa shape index (κ3) is 4.50. The van der Waals surface area contributed by atoms with E-state index in [1.54, 1.807) is 6.92 Å². The molecule has 0 fully saturated rings. The molecule has 3 nitrogen and oxygen atoms in total. The maximum absolute atomic E-state index is 12.5. The number of alkyl halides is 3. The molecule has 1 N–H and O–H groups in total. The summed E-state index contributed by atoms with van der Waals surface area (Å²) >= 11 is 2.80. The lowest BCUT2D eigenvalue weighted by Crippen LogP contribution is -2.11. The van der Waals surface area contributed by atoms with Gasteiger partial charge in [0.15, 0.2) is 0 Å². The first kappa shape index (κ1) is 16.0. The smallest absolute Gasteiger partial charge is 0.417 e. The molecular weight excluding hydrogens is 329 g/mol. The van der Waals surface area contributed by atoms with Crippen molar-refractivity contribution < 1.29 is 27.8 Å². The van der Waals surface area contributed by atoms with Crippen molar-refractivity contribution in [3.63, 3.8) is 0 Å². The van der Waals surface area contributed by atoms with Crippen molar-refractivity contribution in [2.75, 3.05) is 6.61 Å². The zero-order valence-electron chi connectivity index (χ0n) is 10.00. The summed E-state index contributed by atoms with van der Waals surface area (Å²) in [5, 5.41) is 9.73. The minimum Gasteiger partial charge on any atom is -0.466 e. The Bertz CT molecular complexity index is 460. The molecule has 7 heteroatoms. The van der Waals surface area contributed by atoms with Gasteiger partial charge in [-0.25, -0.2) is 0 Å². The number of halogens is 4. The van der Waals surface area contributed by atoms with Gasteiger partial charge in [-0.2, -0.15) is 13.2 Å². The summed E-state index contributed by atoms with van der Waals surface area (Å²) in [5.74, 6) is -0.606. The van der Waals surface area contributed by atoms with Gasteiger partial charge < -0.3 is 9.84 Å². The van der Waals surface area contributed by atoms with Crippen molar-refractivity contribution in [1.82, 2.24) is 0 Å². The number of hydrogen-bond donors (Lipinski definition) is 1. The van der Waals surface area contributed by atoms with Gasteiger partial charge in [-0.3, -0.25) is 4.79 Å². The van der Waals surface area contributed by atoms with Gasteiger partial charge in [-0.1, -0.05) is 22.0 Å². The fourth-order valence-electron chi connectivity index (χ4n) is 1.46. The minimum absolute atomic E-state index is 0.180. The summed E-state index contributed by atoms with van der Waals surface area (Å²) in [6, 6.07) is 3.14. The molecule has 0 aliphatic heterocycles. The Morgan fingerprint density at radius 2 is 2.11 bits per heavy atom. The highest BCUT2D eigenvalue weighted by molar-refractivity contribution is 9.10. The Kier molecular flexibility index (Phi) is 5.37. The molecule has 0 amide bonds. The number of aliphatic hydroxyl groups excluding tert-OH is 1. The van der Waals surface area contributed by atoms with E-state index in [1.165, 1.54) is 0 Å². The average Bonchev–Trinajstić information content (AvgIpc) is 2.27. The zero-order valence-corrected chi connectivity index (χ0v) is 11.6. The van der Waals surface area contributed by atoms with E-state index < -0.39 is 23.8 Å². The molecular formula is C12H12BrF3O3. The molecule has 0 spiro atoms. The summed E-state index contributed by atoms with van der Waals surface area (Å²) in [6.07, 6.45) is -5.97. The number of hydrogen-bond acceptors (Lipinski definition) is 3. The van der Waals surface area contributed by atoms with E-state index in [2.05, 4.69) is 20.7 Å². The molecule has 1 atom stereocenters. The first-order valence-corrected chi connectivity index (χ1v) is 6.25. The van der Waals surface area contributed by atoms with E-state index in [0.717, 1.165) is 18.2 Å². The van der Waals surface area contributed by atoms with Crippen molar-refractivity contribution in [1.29, 1.82) is 0 Å². The molecule has 1 aromatic rings. The maximum atomic E-state index is 12.5. The SMILES string of the molecule is CCOC(=O)CC(O)c1ccc(C(F)(F)F)c(Br)c1. The molecule has 0 bridgehead atoms. The second-order valence-electron chi connectivity index (χ2n) is 3.76. The van der Waals surface area contributed by atoms with Crippen LogP contribution in [0, 0.1) is 0 Å². The molecule has 0 heterocycles. The van der Waals surface area contributed by atoms with E-state index in [4.69, 9.17) is 0 Å². The highest BCUT2D eigenvalue weighted by atomic mass is 79.9. The van der Waals surface area contributed by atoms with Crippen LogP contribution in [-0.2, 0) is 15.7 Å². The third-order valence-electron chi connectivity index (χ3n) is 2.35. The monoisotopic (exact) mass is 340 g/mol. The van der Waals surface area contributed by atoms with Crippen molar-refractivity contribution in [3.05, 3.63) is 33.8 Å². The van der Waals surface area contributed by atoms with Crippen LogP contribution in [0.15, 0.2) is 22.7 Å². The fourth-order valence-corrected chi connectivity index (χ4v) is 2.09. The lowest BCUT2D eigenvalue weighted by atomic mass is 10.0. The minimum atomic E-state index is -4.47. The number of carbonyl (C=O) groups is 1. The molecule has 106 valence electrons. The predicted octanol–water partition coefficient (Wildman–Crippen LogP) is 3.45. The summed E-state index contributed by atoms with van der Waals surface area (Å²) < 4.78 is 42.0. The van der Waals surface area contributed by atoms with Crippen LogP contribution >= 0.6 is 15.9 Å². The van der Waals surface area contributed by atoms with Crippen LogP contribution in [0.1, 0.15) is 30.6 Å². The van der Waals surface area contributed by atoms with Crippen LogP contribution < -0.4 is 0 Å². The van der Waals surface area contributed by atoms with Crippen LogP contribution in [-0.4, -0.2) is 17.7 Å². The van der Waals surface area contributed by atoms with E-state index >= 15 is 0 Å². The Morgan fingerprint density at radius 3 is 2.58 bits per heavy atom. The van der Waals surface area contributed by atoms with Crippen molar-refractivity contribution in [2.24, 2.45) is 0 Å². The lowest BCUT2D eigenvalue weighted by Gasteiger charge is -2.14. The molecule has 0 aromatic heterocycles. The molecule has 1 aromatic carbocycles. The van der Waals surface area contributed by atoms with Crippen molar-refractivity contribution in [2.45, 2.75) is 25.6 Å². The van der Waals surface area contributed by atoms with E-state index in [-0.39, 0.29) is 23.1 Å². The molecule has 0 saturated carbocycles. The van der Waals surface area contributed by atoms with Gasteiger partial charge in [-0.05, 0) is 24.6 Å². The Labute approximate surface area is 116 Å². The van der Waals surface area contributed by atoms with Gasteiger partial charge in [0.2, 0.25) is 0 Å². The standard InChI is InChI=1S/C12H12BrF3O3/c1-2-19-11(18)6-10(17)7-3-4-8(9(13)5-7)12(14,15)16/h3-5,10,17H,2,6H2,1H3. The normalized spacial score (nSPS) is 13.2. The second-order valence-corrected chi connectivity index (χ2v) is 4.62. The van der Waals surface area contributed by atoms with E-state index in [9.17, 15) is 23.1 Å². The Balaban J connectivity index is 2.86. The molecule has 0 saturated heterocycles. The van der Waals surface area contributed by atoms with E-state index in [0.29, 0.717) is 0 Å². The van der Waals surface area contributed by atoms with E-state index in [1.807, 2.05) is 0 Å². The molecule has 1 rings (SSSR count). The van der Waals surface area contributed by atoms with Crippen LogP contribution in [0.3, 0.4) is 0 Å². The highest BCUT2D eigenvalue weighted by Gasteiger charge is 2.33. The number of ether oxygens (including phenoxy) is 1. The summed E-state index contributed by atoms with van der Waals surface area (Å²) in [6.45, 7) is 1.81. The molecule has 0 aliphatic rings. The second kappa shape index (κ2) is 6.38. The van der Waals surface area contributed by atoms with Gasteiger partial charge >= 0.3 is 12.1 Å². The Hall–Kier alpha value is -1.08. The first-order valence-electron chi connectivity index (χ1n) is 5.46. The van der Waals surface area contributed by atoms with Gasteiger partial charge in [0.1, 0.15) is 0 Å². The topological polar surface area (TPSA) is 46.5 Å². The predicted molar refractivity (Wildman–Crippen MR) is 65.4 cm³/mol. The highest BCUT2D eigenvalue weighted by Crippen LogP contribution is 2.36. The number of aliphatic hydroxyl groups is 1. The van der Waals surface area contributed by atoms with Crippen LogP contribution in [0.4, 0.5) is 13.2 Å². The first-order chi connectivity index (χ1) is 8.75. The molecule has 0 radical (unpaired) electrons. The lowest BCUT2D eigenvalue weighted by molar-refractivity contribution is -0.145. The Morgan fingerprint density at radius 1 is 1.47 bits per heavy atom. The van der Waals surface area contributed by atoms with Crippen molar-refractivity contribution in [3.8, 4) is 0 Å². The number of esters is 1. The van der Waals surface area contributed by atoms with Gasteiger partial charge in [0, 0.05) is 4.47 Å². The fraction of sp³-hybridized carbons (Fsp3) is 0.417.